The average molecular weight is 386 g/mol. The minimum Gasteiger partial charge on any atom is -0.325 e. The highest BCUT2D eigenvalue weighted by molar-refractivity contribution is 6.33. The van der Waals surface area contributed by atoms with E-state index in [1.54, 1.807) is 6.07 Å². The molecular weight excluding hydrogens is 362 g/mol. The summed E-state index contributed by atoms with van der Waals surface area (Å²) in [5.41, 5.74) is 3.64. The first-order valence-corrected chi connectivity index (χ1v) is 9.51. The van der Waals surface area contributed by atoms with Crippen molar-refractivity contribution in [3.05, 3.63) is 58.6 Å². The van der Waals surface area contributed by atoms with Gasteiger partial charge in [0.05, 0.1) is 16.8 Å². The molecule has 0 bridgehead atoms. The Balaban J connectivity index is 1.55. The number of amides is 2. The summed E-state index contributed by atoms with van der Waals surface area (Å²) >= 11 is 6.16. The minimum absolute atomic E-state index is 0.0613. The molecule has 27 heavy (non-hydrogen) atoms. The van der Waals surface area contributed by atoms with Crippen LogP contribution in [0.3, 0.4) is 0 Å². The number of nitrogens with one attached hydrogen (secondary N) is 3. The van der Waals surface area contributed by atoms with Crippen LogP contribution in [0.4, 0.5) is 11.4 Å². The van der Waals surface area contributed by atoms with Gasteiger partial charge in [0.25, 0.3) is 0 Å². The first kappa shape index (κ1) is 19.4. The van der Waals surface area contributed by atoms with Crippen LogP contribution in [0.2, 0.25) is 5.02 Å². The van der Waals surface area contributed by atoms with Crippen molar-refractivity contribution < 1.29 is 9.59 Å². The molecule has 1 heterocycles. The van der Waals surface area contributed by atoms with Gasteiger partial charge in [0, 0.05) is 18.2 Å². The van der Waals surface area contributed by atoms with Crippen LogP contribution >= 0.6 is 11.6 Å². The fourth-order valence-corrected chi connectivity index (χ4v) is 3.56. The smallest absolute Gasteiger partial charge is 0.241 e. The van der Waals surface area contributed by atoms with E-state index >= 15 is 0 Å². The lowest BCUT2D eigenvalue weighted by Crippen LogP contribution is -2.45. The zero-order valence-corrected chi connectivity index (χ0v) is 16.3. The van der Waals surface area contributed by atoms with Crippen molar-refractivity contribution in [2.45, 2.75) is 45.2 Å². The molecule has 142 valence electrons. The predicted molar refractivity (Wildman–Crippen MR) is 109 cm³/mol. The molecule has 0 radical (unpaired) electrons. The maximum absolute atomic E-state index is 12.5. The second kappa shape index (κ2) is 8.55. The Morgan fingerprint density at radius 1 is 1.30 bits per heavy atom. The van der Waals surface area contributed by atoms with Gasteiger partial charge in [-0.3, -0.25) is 9.59 Å². The van der Waals surface area contributed by atoms with Crippen molar-refractivity contribution in [1.82, 2.24) is 5.32 Å². The molecule has 0 aliphatic carbocycles. The number of fused-ring (bicyclic) bond motifs is 1. The quantitative estimate of drug-likeness (QED) is 0.730. The summed E-state index contributed by atoms with van der Waals surface area (Å²) in [6.07, 6.45) is 1.75. The number of halogens is 1. The molecule has 1 aliphatic heterocycles. The summed E-state index contributed by atoms with van der Waals surface area (Å²) in [5.74, 6) is -0.202. The lowest BCUT2D eigenvalue weighted by Gasteiger charge is -2.21. The molecule has 6 heteroatoms. The van der Waals surface area contributed by atoms with Crippen LogP contribution in [0.1, 0.15) is 30.9 Å². The summed E-state index contributed by atoms with van der Waals surface area (Å²) in [6, 6.07) is 12.9. The normalized spacial score (nSPS) is 17.4. The number of anilines is 2. The van der Waals surface area contributed by atoms with Gasteiger partial charge in [0.2, 0.25) is 11.8 Å². The van der Waals surface area contributed by atoms with Gasteiger partial charge in [-0.05, 0) is 56.0 Å². The number of rotatable bonds is 5. The molecular formula is C21H24ClN3O2. The van der Waals surface area contributed by atoms with E-state index in [1.807, 2.05) is 50.2 Å². The van der Waals surface area contributed by atoms with Crippen LogP contribution in [0.15, 0.2) is 42.5 Å². The maximum atomic E-state index is 12.5. The Morgan fingerprint density at radius 3 is 2.85 bits per heavy atom. The number of para-hydroxylation sites is 1. The molecule has 2 amide bonds. The zero-order chi connectivity index (χ0) is 19.4. The second-order valence-electron chi connectivity index (χ2n) is 7.04. The SMILES string of the molecule is Cc1ccc(NC(=O)CC(C)NC2CCc3ccccc3NC2=O)c(Cl)c1. The third-order valence-corrected chi connectivity index (χ3v) is 4.98. The predicted octanol–water partition coefficient (Wildman–Crippen LogP) is 3.91. The number of carbonyl (C=O) groups excluding carboxylic acids is 2. The van der Waals surface area contributed by atoms with Crippen molar-refractivity contribution in [3.8, 4) is 0 Å². The summed E-state index contributed by atoms with van der Waals surface area (Å²) in [6.45, 7) is 3.85. The Bertz CT molecular complexity index is 853. The molecule has 0 spiro atoms. The molecule has 0 saturated carbocycles. The standard InChI is InChI=1S/C21H24ClN3O2/c1-13-7-9-18(16(22)11-13)24-20(26)12-14(2)23-19-10-8-15-5-3-4-6-17(15)25-21(19)27/h3-7,9,11,14,19,23H,8,10,12H2,1-2H3,(H,24,26)(H,25,27). The van der Waals surface area contributed by atoms with Crippen LogP contribution in [-0.2, 0) is 16.0 Å². The van der Waals surface area contributed by atoms with E-state index in [0.717, 1.165) is 23.2 Å². The summed E-state index contributed by atoms with van der Waals surface area (Å²) in [5, 5.41) is 9.59. The molecule has 1 aliphatic rings. The van der Waals surface area contributed by atoms with E-state index in [2.05, 4.69) is 16.0 Å². The zero-order valence-electron chi connectivity index (χ0n) is 15.5. The average Bonchev–Trinajstić information content (AvgIpc) is 2.76. The number of carbonyl (C=O) groups is 2. The highest BCUT2D eigenvalue weighted by Crippen LogP contribution is 2.23. The first-order valence-electron chi connectivity index (χ1n) is 9.13. The van der Waals surface area contributed by atoms with Gasteiger partial charge < -0.3 is 16.0 Å². The van der Waals surface area contributed by atoms with Crippen LogP contribution in [-0.4, -0.2) is 23.9 Å². The Kier molecular flexibility index (Phi) is 6.14. The van der Waals surface area contributed by atoms with E-state index in [1.165, 1.54) is 0 Å². The van der Waals surface area contributed by atoms with Crippen molar-refractivity contribution in [2.24, 2.45) is 0 Å². The minimum atomic E-state index is -0.330. The van der Waals surface area contributed by atoms with Crippen molar-refractivity contribution in [2.75, 3.05) is 10.6 Å². The summed E-state index contributed by atoms with van der Waals surface area (Å²) in [7, 11) is 0. The fourth-order valence-electron chi connectivity index (χ4n) is 3.27. The van der Waals surface area contributed by atoms with Crippen molar-refractivity contribution in [1.29, 1.82) is 0 Å². The van der Waals surface area contributed by atoms with Gasteiger partial charge in [-0.25, -0.2) is 0 Å². The topological polar surface area (TPSA) is 70.2 Å². The van der Waals surface area contributed by atoms with Gasteiger partial charge >= 0.3 is 0 Å². The second-order valence-corrected chi connectivity index (χ2v) is 7.45. The fraction of sp³-hybridized carbons (Fsp3) is 0.333. The lowest BCUT2D eigenvalue weighted by molar-refractivity contribution is -0.119. The molecule has 0 aromatic heterocycles. The highest BCUT2D eigenvalue weighted by Gasteiger charge is 2.25. The lowest BCUT2D eigenvalue weighted by atomic mass is 10.0. The first-order chi connectivity index (χ1) is 12.9. The van der Waals surface area contributed by atoms with Crippen molar-refractivity contribution >= 4 is 34.8 Å². The molecule has 2 aromatic rings. The van der Waals surface area contributed by atoms with Crippen LogP contribution in [0.5, 0.6) is 0 Å². The van der Waals surface area contributed by atoms with E-state index in [4.69, 9.17) is 11.6 Å². The third kappa shape index (κ3) is 5.08. The monoisotopic (exact) mass is 385 g/mol. The van der Waals surface area contributed by atoms with Gasteiger partial charge in [0.1, 0.15) is 0 Å². The highest BCUT2D eigenvalue weighted by atomic mass is 35.5. The molecule has 2 atom stereocenters. The maximum Gasteiger partial charge on any atom is 0.241 e. The van der Waals surface area contributed by atoms with Gasteiger partial charge in [-0.2, -0.15) is 0 Å². The van der Waals surface area contributed by atoms with Gasteiger partial charge in [0.15, 0.2) is 0 Å². The van der Waals surface area contributed by atoms with Crippen LogP contribution < -0.4 is 16.0 Å². The Labute approximate surface area is 164 Å². The van der Waals surface area contributed by atoms with Gasteiger partial charge in [-0.15, -0.1) is 0 Å². The van der Waals surface area contributed by atoms with Gasteiger partial charge in [-0.1, -0.05) is 35.9 Å². The van der Waals surface area contributed by atoms with E-state index in [-0.39, 0.29) is 30.3 Å². The molecule has 2 aromatic carbocycles. The van der Waals surface area contributed by atoms with Crippen LogP contribution in [0, 0.1) is 6.92 Å². The molecule has 5 nitrogen and oxygen atoms in total. The van der Waals surface area contributed by atoms with E-state index < -0.39 is 0 Å². The summed E-state index contributed by atoms with van der Waals surface area (Å²) in [4.78, 5) is 24.8. The van der Waals surface area contributed by atoms with Crippen LogP contribution in [0.25, 0.3) is 0 Å². The number of aryl methyl sites for hydroxylation is 2. The molecule has 2 unspecified atom stereocenters. The van der Waals surface area contributed by atoms with Crippen molar-refractivity contribution in [3.63, 3.8) is 0 Å². The molecule has 0 fully saturated rings. The number of hydrogen-bond donors (Lipinski definition) is 3. The largest absolute Gasteiger partial charge is 0.325 e. The number of hydrogen-bond acceptors (Lipinski definition) is 3. The Morgan fingerprint density at radius 2 is 2.07 bits per heavy atom. The molecule has 0 saturated heterocycles. The van der Waals surface area contributed by atoms with E-state index in [9.17, 15) is 9.59 Å². The molecule has 3 rings (SSSR count). The summed E-state index contributed by atoms with van der Waals surface area (Å²) < 4.78 is 0. The third-order valence-electron chi connectivity index (χ3n) is 4.67. The number of benzene rings is 2. The van der Waals surface area contributed by atoms with E-state index in [0.29, 0.717) is 17.1 Å². The Hall–Kier alpha value is -2.37. The molecule has 3 N–H and O–H groups in total.